The number of hydrogen-bond acceptors (Lipinski definition) is 5. The maximum absolute atomic E-state index is 12.7. The molecule has 2 aromatic rings. The van der Waals surface area contributed by atoms with E-state index >= 15 is 0 Å². The van der Waals surface area contributed by atoms with E-state index < -0.39 is 6.04 Å². The number of thiophene rings is 1. The molecule has 0 saturated carbocycles. The summed E-state index contributed by atoms with van der Waals surface area (Å²) in [5.74, 6) is 0.389. The molecule has 6 nitrogen and oxygen atoms in total. The minimum atomic E-state index is -0.629. The van der Waals surface area contributed by atoms with E-state index in [4.69, 9.17) is 9.47 Å². The number of rotatable bonds is 8. The van der Waals surface area contributed by atoms with Crippen molar-refractivity contribution >= 4 is 39.1 Å². The molecule has 0 spiro atoms. The Labute approximate surface area is 189 Å². The Morgan fingerprint density at radius 1 is 1.20 bits per heavy atom. The predicted octanol–water partition coefficient (Wildman–Crippen LogP) is 3.89. The highest BCUT2D eigenvalue weighted by molar-refractivity contribution is 9.11. The number of carbonyl (C=O) groups is 2. The molecular formula is C22H27BrN2O4S. The van der Waals surface area contributed by atoms with Crippen LogP contribution >= 0.6 is 27.3 Å². The monoisotopic (exact) mass is 494 g/mol. The summed E-state index contributed by atoms with van der Waals surface area (Å²) in [6.45, 7) is 6.09. The fraction of sp³-hybridized carbons (Fsp3) is 0.455. The predicted molar refractivity (Wildman–Crippen MR) is 121 cm³/mol. The highest BCUT2D eigenvalue weighted by Crippen LogP contribution is 2.35. The van der Waals surface area contributed by atoms with Gasteiger partial charge in [0.1, 0.15) is 11.8 Å². The molecule has 1 aromatic heterocycles. The van der Waals surface area contributed by atoms with Crippen molar-refractivity contribution in [1.29, 1.82) is 0 Å². The number of benzene rings is 1. The lowest BCUT2D eigenvalue weighted by Crippen LogP contribution is -2.50. The molecule has 3 rings (SSSR count). The van der Waals surface area contributed by atoms with Crippen molar-refractivity contribution in [2.24, 2.45) is 0 Å². The Bertz CT molecular complexity index is 862. The summed E-state index contributed by atoms with van der Waals surface area (Å²) in [5.41, 5.74) is 0.968. The van der Waals surface area contributed by atoms with Crippen LogP contribution in [-0.2, 0) is 14.9 Å². The summed E-state index contributed by atoms with van der Waals surface area (Å²) in [7, 11) is 0. The molecule has 0 aliphatic carbocycles. The van der Waals surface area contributed by atoms with E-state index in [-0.39, 0.29) is 17.2 Å². The first-order valence-corrected chi connectivity index (χ1v) is 11.7. The third kappa shape index (κ3) is 5.62. The van der Waals surface area contributed by atoms with Gasteiger partial charge in [0.25, 0.3) is 5.91 Å². The van der Waals surface area contributed by atoms with E-state index in [1.54, 1.807) is 13.0 Å². The van der Waals surface area contributed by atoms with Crippen LogP contribution in [0.3, 0.4) is 0 Å². The second-order valence-corrected chi connectivity index (χ2v) is 9.83. The molecule has 2 N–H and O–H groups in total. The smallest absolute Gasteiger partial charge is 0.262 e. The molecular weight excluding hydrogens is 468 g/mol. The van der Waals surface area contributed by atoms with E-state index in [2.05, 4.69) is 38.7 Å². The van der Waals surface area contributed by atoms with Crippen molar-refractivity contribution in [1.82, 2.24) is 10.6 Å². The fourth-order valence-corrected chi connectivity index (χ4v) is 4.87. The Morgan fingerprint density at radius 2 is 1.90 bits per heavy atom. The molecule has 0 radical (unpaired) electrons. The van der Waals surface area contributed by atoms with Crippen LogP contribution in [0.25, 0.3) is 0 Å². The number of carbonyl (C=O) groups excluding carboxylic acids is 2. The van der Waals surface area contributed by atoms with Gasteiger partial charge < -0.3 is 20.1 Å². The van der Waals surface area contributed by atoms with Crippen molar-refractivity contribution in [3.05, 3.63) is 50.6 Å². The average molecular weight is 495 g/mol. The van der Waals surface area contributed by atoms with Crippen LogP contribution in [0.15, 0.2) is 40.2 Å². The summed E-state index contributed by atoms with van der Waals surface area (Å²) in [5, 5.41) is 5.82. The minimum absolute atomic E-state index is 0.193. The van der Waals surface area contributed by atoms with Crippen LogP contribution in [0.5, 0.6) is 5.75 Å². The van der Waals surface area contributed by atoms with Crippen LogP contribution in [0.4, 0.5) is 0 Å². The molecule has 0 bridgehead atoms. The Balaban J connectivity index is 1.63. The molecule has 1 aliphatic heterocycles. The van der Waals surface area contributed by atoms with Gasteiger partial charge in [-0.25, -0.2) is 0 Å². The molecule has 1 unspecified atom stereocenters. The third-order valence-electron chi connectivity index (χ3n) is 5.37. The van der Waals surface area contributed by atoms with E-state index in [1.165, 1.54) is 11.3 Å². The molecule has 8 heteroatoms. The summed E-state index contributed by atoms with van der Waals surface area (Å²) >= 11 is 4.68. The van der Waals surface area contributed by atoms with E-state index in [9.17, 15) is 9.59 Å². The van der Waals surface area contributed by atoms with Crippen molar-refractivity contribution in [2.75, 3.05) is 26.4 Å². The largest absolute Gasteiger partial charge is 0.494 e. The molecule has 2 heterocycles. The van der Waals surface area contributed by atoms with Gasteiger partial charge in [0.2, 0.25) is 5.91 Å². The Morgan fingerprint density at radius 3 is 2.50 bits per heavy atom. The maximum Gasteiger partial charge on any atom is 0.262 e. The van der Waals surface area contributed by atoms with E-state index in [1.807, 2.05) is 25.1 Å². The number of hydrogen-bond donors (Lipinski definition) is 2. The summed E-state index contributed by atoms with van der Waals surface area (Å²) in [6.07, 6.45) is 1.65. The van der Waals surface area contributed by atoms with Crippen molar-refractivity contribution in [3.63, 3.8) is 0 Å². The normalized spacial score (nSPS) is 16.5. The molecule has 1 saturated heterocycles. The van der Waals surface area contributed by atoms with Gasteiger partial charge in [-0.15, -0.1) is 11.3 Å². The highest BCUT2D eigenvalue weighted by Gasteiger charge is 2.35. The summed E-state index contributed by atoms with van der Waals surface area (Å²) in [6, 6.07) is 11.0. The third-order valence-corrected chi connectivity index (χ3v) is 6.99. The van der Waals surface area contributed by atoms with Crippen molar-refractivity contribution in [2.45, 2.75) is 38.1 Å². The first-order chi connectivity index (χ1) is 14.4. The number of amides is 2. The quantitative estimate of drug-likeness (QED) is 0.583. The molecule has 2 amide bonds. The van der Waals surface area contributed by atoms with Crippen LogP contribution in [0.2, 0.25) is 0 Å². The molecule has 1 atom stereocenters. The second kappa shape index (κ2) is 10.4. The van der Waals surface area contributed by atoms with Crippen LogP contribution in [-0.4, -0.2) is 44.2 Å². The van der Waals surface area contributed by atoms with Crippen molar-refractivity contribution < 1.29 is 19.1 Å². The maximum atomic E-state index is 12.7. The molecule has 1 fully saturated rings. The van der Waals surface area contributed by atoms with E-state index in [0.29, 0.717) is 31.2 Å². The number of ether oxygens (including phenoxy) is 2. The molecule has 1 aliphatic rings. The lowest BCUT2D eigenvalue weighted by molar-refractivity contribution is -0.123. The summed E-state index contributed by atoms with van der Waals surface area (Å²) in [4.78, 5) is 25.6. The van der Waals surface area contributed by atoms with Crippen LogP contribution in [0, 0.1) is 0 Å². The van der Waals surface area contributed by atoms with E-state index in [0.717, 1.165) is 27.9 Å². The standard InChI is InChI=1S/C22H27BrN2O4S/c1-3-29-17-6-4-16(5-7-17)22(10-12-28-13-11-22)14-24-20(26)15(2)25-21(27)18-8-9-19(23)30-18/h4-9,15H,3,10-14H2,1-2H3,(H,24,26)(H,25,27). The van der Waals surface area contributed by atoms with Crippen LogP contribution < -0.4 is 15.4 Å². The zero-order valence-electron chi connectivity index (χ0n) is 17.2. The topological polar surface area (TPSA) is 76.7 Å². The first kappa shape index (κ1) is 22.8. The molecule has 30 heavy (non-hydrogen) atoms. The first-order valence-electron chi connectivity index (χ1n) is 10.1. The zero-order valence-corrected chi connectivity index (χ0v) is 19.6. The summed E-state index contributed by atoms with van der Waals surface area (Å²) < 4.78 is 12.0. The van der Waals surface area contributed by atoms with Crippen LogP contribution in [0.1, 0.15) is 41.9 Å². The van der Waals surface area contributed by atoms with Crippen molar-refractivity contribution in [3.8, 4) is 5.75 Å². The molecule has 162 valence electrons. The Hall–Kier alpha value is -1.90. The van der Waals surface area contributed by atoms with Gasteiger partial charge in [-0.2, -0.15) is 0 Å². The van der Waals surface area contributed by atoms with Gasteiger partial charge in [-0.1, -0.05) is 12.1 Å². The number of halogens is 1. The van der Waals surface area contributed by atoms with Gasteiger partial charge in [-0.05, 0) is 72.4 Å². The lowest BCUT2D eigenvalue weighted by Gasteiger charge is -2.38. The minimum Gasteiger partial charge on any atom is -0.494 e. The fourth-order valence-electron chi connectivity index (χ4n) is 3.58. The van der Waals surface area contributed by atoms with Gasteiger partial charge in [-0.3, -0.25) is 9.59 Å². The van der Waals surface area contributed by atoms with Gasteiger partial charge in [0.15, 0.2) is 0 Å². The van der Waals surface area contributed by atoms with Gasteiger partial charge in [0.05, 0.1) is 15.3 Å². The number of nitrogens with one attached hydrogen (secondary N) is 2. The average Bonchev–Trinajstić information content (AvgIpc) is 3.20. The Kier molecular flexibility index (Phi) is 7.91. The zero-order chi connectivity index (χ0) is 21.6. The van der Waals surface area contributed by atoms with Gasteiger partial charge >= 0.3 is 0 Å². The molecule has 1 aromatic carbocycles. The SMILES string of the molecule is CCOc1ccc(C2(CNC(=O)C(C)NC(=O)c3ccc(Br)s3)CCOCC2)cc1. The highest BCUT2D eigenvalue weighted by atomic mass is 79.9. The second-order valence-electron chi connectivity index (χ2n) is 7.37. The van der Waals surface area contributed by atoms with Gasteiger partial charge in [0, 0.05) is 25.2 Å². The lowest BCUT2D eigenvalue weighted by atomic mass is 9.74.